The number of amides is 1. The molecule has 1 N–H and O–H groups in total. The third-order valence-electron chi connectivity index (χ3n) is 3.73. The summed E-state index contributed by atoms with van der Waals surface area (Å²) in [5.41, 5.74) is 1.64. The molecule has 3 rings (SSSR count). The fourth-order valence-electron chi connectivity index (χ4n) is 2.52. The third-order valence-corrected chi connectivity index (χ3v) is 4.38. The van der Waals surface area contributed by atoms with E-state index in [0.717, 1.165) is 5.39 Å². The van der Waals surface area contributed by atoms with Crippen LogP contribution in [-0.4, -0.2) is 17.7 Å². The summed E-state index contributed by atoms with van der Waals surface area (Å²) in [5.74, 6) is -0.0438. The Balaban J connectivity index is 1.83. The summed E-state index contributed by atoms with van der Waals surface area (Å²) in [6.07, 6.45) is 1.62. The molecule has 5 nitrogen and oxygen atoms in total. The summed E-state index contributed by atoms with van der Waals surface area (Å²) in [7, 11) is 1.45. The van der Waals surface area contributed by atoms with Gasteiger partial charge in [-0.25, -0.2) is 9.18 Å². The van der Waals surface area contributed by atoms with E-state index in [-0.39, 0.29) is 12.6 Å². The van der Waals surface area contributed by atoms with Gasteiger partial charge in [0.2, 0.25) is 0 Å². The molecule has 0 saturated heterocycles. The second-order valence-corrected chi connectivity index (χ2v) is 6.20. The van der Waals surface area contributed by atoms with Gasteiger partial charge in [-0.15, -0.1) is 0 Å². The van der Waals surface area contributed by atoms with Crippen LogP contribution in [0.4, 0.5) is 9.18 Å². The van der Waals surface area contributed by atoms with Crippen LogP contribution in [0.1, 0.15) is 11.1 Å². The summed E-state index contributed by atoms with van der Waals surface area (Å²) in [4.78, 5) is 12.4. The fourth-order valence-corrected chi connectivity index (χ4v) is 2.97. The van der Waals surface area contributed by atoms with Gasteiger partial charge < -0.3 is 10.1 Å². The van der Waals surface area contributed by atoms with E-state index in [9.17, 15) is 9.18 Å². The summed E-state index contributed by atoms with van der Waals surface area (Å²) >= 11 is 3.33. The number of fused-ring (bicyclic) bond motifs is 1. The molecule has 0 spiro atoms. The van der Waals surface area contributed by atoms with E-state index < -0.39 is 5.82 Å². The number of carbonyl (C=O) groups excluding carboxylic acids is 1. The Hall–Kier alpha value is -2.85. The van der Waals surface area contributed by atoms with Crippen LogP contribution in [0.15, 0.2) is 47.1 Å². The smallest absolute Gasteiger partial charge is 0.326 e. The first kappa shape index (κ1) is 17.0. The first-order chi connectivity index (χ1) is 12.0. The summed E-state index contributed by atoms with van der Waals surface area (Å²) < 4.78 is 20.6. The van der Waals surface area contributed by atoms with E-state index in [1.165, 1.54) is 23.8 Å². The lowest BCUT2D eigenvalue weighted by molar-refractivity contribution is 0.243. The molecule has 7 heteroatoms. The van der Waals surface area contributed by atoms with E-state index in [2.05, 4.69) is 27.3 Å². The quantitative estimate of drug-likeness (QED) is 0.715. The highest BCUT2D eigenvalue weighted by atomic mass is 79.9. The summed E-state index contributed by atoms with van der Waals surface area (Å²) in [5, 5.41) is 12.7. The molecule has 0 aliphatic carbocycles. The van der Waals surface area contributed by atoms with Crippen molar-refractivity contribution in [3.05, 3.63) is 64.0 Å². The normalized spacial score (nSPS) is 10.5. The number of ether oxygens (including phenoxy) is 1. The fraction of sp³-hybridized carbons (Fsp3) is 0.111. The van der Waals surface area contributed by atoms with Crippen LogP contribution >= 0.6 is 15.9 Å². The molecule has 0 radical (unpaired) electrons. The van der Waals surface area contributed by atoms with Gasteiger partial charge >= 0.3 is 6.03 Å². The Morgan fingerprint density at radius 1 is 1.36 bits per heavy atom. The molecule has 0 atom stereocenters. The molecule has 0 fully saturated rings. The van der Waals surface area contributed by atoms with Crippen molar-refractivity contribution < 1.29 is 13.9 Å². The van der Waals surface area contributed by atoms with Gasteiger partial charge in [-0.3, -0.25) is 4.57 Å². The van der Waals surface area contributed by atoms with Crippen molar-refractivity contribution in [2.45, 2.75) is 6.54 Å². The highest BCUT2D eigenvalue weighted by molar-refractivity contribution is 9.10. The van der Waals surface area contributed by atoms with Crippen molar-refractivity contribution in [1.29, 1.82) is 5.26 Å². The van der Waals surface area contributed by atoms with E-state index in [1.54, 1.807) is 30.5 Å². The lowest BCUT2D eigenvalue weighted by Crippen LogP contribution is -2.27. The maximum absolute atomic E-state index is 13.5. The highest BCUT2D eigenvalue weighted by Gasteiger charge is 2.12. The molecule has 0 aliphatic heterocycles. The molecule has 0 unspecified atom stereocenters. The van der Waals surface area contributed by atoms with Gasteiger partial charge in [-0.1, -0.05) is 0 Å². The maximum Gasteiger partial charge on any atom is 0.326 e. The number of carbonyl (C=O) groups is 1. The minimum Gasteiger partial charge on any atom is -0.497 e. The predicted octanol–water partition coefficient (Wildman–Crippen LogP) is 4.18. The predicted molar refractivity (Wildman–Crippen MR) is 94.9 cm³/mol. The van der Waals surface area contributed by atoms with Crippen LogP contribution in [0.5, 0.6) is 5.75 Å². The number of hydrogen-bond acceptors (Lipinski definition) is 3. The number of nitriles is 1. The van der Waals surface area contributed by atoms with Crippen LogP contribution in [0, 0.1) is 17.1 Å². The van der Waals surface area contributed by atoms with Crippen LogP contribution < -0.4 is 10.1 Å². The zero-order chi connectivity index (χ0) is 18.0. The topological polar surface area (TPSA) is 67.0 Å². The van der Waals surface area contributed by atoms with Crippen molar-refractivity contribution in [2.24, 2.45) is 0 Å². The van der Waals surface area contributed by atoms with Gasteiger partial charge in [-0.05, 0) is 51.8 Å². The van der Waals surface area contributed by atoms with Gasteiger partial charge in [0, 0.05) is 28.7 Å². The lowest BCUT2D eigenvalue weighted by Gasteiger charge is -2.09. The summed E-state index contributed by atoms with van der Waals surface area (Å²) in [6, 6.07) is 11.2. The van der Waals surface area contributed by atoms with Crippen molar-refractivity contribution in [3.8, 4) is 11.8 Å². The van der Waals surface area contributed by atoms with Gasteiger partial charge in [0.05, 0.1) is 18.2 Å². The molecule has 0 saturated carbocycles. The monoisotopic (exact) mass is 401 g/mol. The van der Waals surface area contributed by atoms with Crippen molar-refractivity contribution in [2.75, 3.05) is 7.11 Å². The Kier molecular flexibility index (Phi) is 4.72. The standard InChI is InChI=1S/C18H13BrFN3O2/c1-25-15-5-11(4-14(20)8-15)10-22-18(24)23-3-2-12-6-16(19)13(9-21)7-17(12)23/h2-8H,10H2,1H3,(H,22,24). The average molecular weight is 402 g/mol. The van der Waals surface area contributed by atoms with Crippen molar-refractivity contribution in [1.82, 2.24) is 9.88 Å². The number of benzene rings is 2. The van der Waals surface area contributed by atoms with E-state index in [0.29, 0.717) is 26.9 Å². The Labute approximate surface area is 151 Å². The number of methoxy groups -OCH3 is 1. The van der Waals surface area contributed by atoms with Crippen LogP contribution in [0.3, 0.4) is 0 Å². The number of nitrogens with zero attached hydrogens (tertiary/aromatic N) is 2. The van der Waals surface area contributed by atoms with Crippen LogP contribution in [0.25, 0.3) is 10.9 Å². The van der Waals surface area contributed by atoms with Crippen LogP contribution in [-0.2, 0) is 6.54 Å². The molecule has 25 heavy (non-hydrogen) atoms. The first-order valence-electron chi connectivity index (χ1n) is 7.34. The minimum absolute atomic E-state index is 0.147. The lowest BCUT2D eigenvalue weighted by atomic mass is 10.2. The van der Waals surface area contributed by atoms with Gasteiger partial charge in [0.25, 0.3) is 0 Å². The highest BCUT2D eigenvalue weighted by Crippen LogP contribution is 2.25. The average Bonchev–Trinajstić information content (AvgIpc) is 3.00. The Morgan fingerprint density at radius 2 is 2.16 bits per heavy atom. The Morgan fingerprint density at radius 3 is 2.88 bits per heavy atom. The molecular weight excluding hydrogens is 389 g/mol. The second-order valence-electron chi connectivity index (χ2n) is 5.35. The van der Waals surface area contributed by atoms with E-state index in [1.807, 2.05) is 0 Å². The third kappa shape index (κ3) is 3.49. The molecular formula is C18H13BrFN3O2. The number of nitrogens with one attached hydrogen (secondary N) is 1. The SMILES string of the molecule is COc1cc(F)cc(CNC(=O)n2ccc3cc(Br)c(C#N)cc32)c1. The molecule has 2 aromatic carbocycles. The van der Waals surface area contributed by atoms with Crippen molar-refractivity contribution >= 4 is 32.9 Å². The second kappa shape index (κ2) is 6.95. The van der Waals surface area contributed by atoms with E-state index in [4.69, 9.17) is 10.00 Å². The summed E-state index contributed by atoms with van der Waals surface area (Å²) in [6.45, 7) is 0.147. The van der Waals surface area contributed by atoms with Gasteiger partial charge in [-0.2, -0.15) is 5.26 Å². The molecule has 1 aromatic heterocycles. The van der Waals surface area contributed by atoms with Crippen LogP contribution in [0.2, 0.25) is 0 Å². The number of halogens is 2. The first-order valence-corrected chi connectivity index (χ1v) is 8.13. The van der Waals surface area contributed by atoms with Gasteiger partial charge in [0.1, 0.15) is 17.6 Å². The largest absolute Gasteiger partial charge is 0.497 e. The molecule has 3 aromatic rings. The molecule has 1 heterocycles. The molecule has 1 amide bonds. The minimum atomic E-state index is -0.432. The zero-order valence-corrected chi connectivity index (χ0v) is 14.8. The molecule has 0 bridgehead atoms. The Bertz CT molecular complexity index is 1010. The van der Waals surface area contributed by atoms with Gasteiger partial charge in [0.15, 0.2) is 0 Å². The maximum atomic E-state index is 13.5. The zero-order valence-electron chi connectivity index (χ0n) is 13.2. The van der Waals surface area contributed by atoms with Crippen molar-refractivity contribution in [3.63, 3.8) is 0 Å². The molecule has 0 aliphatic rings. The molecule has 126 valence electrons. The number of aromatic nitrogens is 1. The van der Waals surface area contributed by atoms with E-state index >= 15 is 0 Å². The number of hydrogen-bond donors (Lipinski definition) is 1. The number of rotatable bonds is 3.